The van der Waals surface area contributed by atoms with Crippen LogP contribution in [0.1, 0.15) is 37.1 Å². The molecular formula is C23H26BClN4O5S. The first-order chi connectivity index (χ1) is 16.7. The molecule has 35 heavy (non-hydrogen) atoms. The van der Waals surface area contributed by atoms with Gasteiger partial charge in [0.2, 0.25) is 15.9 Å². The van der Waals surface area contributed by atoms with E-state index in [4.69, 9.17) is 21.1 Å². The summed E-state index contributed by atoms with van der Waals surface area (Å²) in [5.74, 6) is 0.342. The van der Waals surface area contributed by atoms with Crippen molar-refractivity contribution >= 4 is 40.9 Å². The number of hydrogen-bond donors (Lipinski definition) is 0. The van der Waals surface area contributed by atoms with Crippen molar-refractivity contribution in [3.8, 4) is 11.6 Å². The number of rotatable bonds is 8. The molecule has 3 aromatic rings. The van der Waals surface area contributed by atoms with Gasteiger partial charge in [-0.1, -0.05) is 23.7 Å². The fourth-order valence-corrected chi connectivity index (χ4v) is 5.76. The molecule has 1 atom stereocenters. The molecule has 1 aliphatic carbocycles. The third kappa shape index (κ3) is 5.22. The number of aromatic nitrogens is 3. The summed E-state index contributed by atoms with van der Waals surface area (Å²) in [5, 5.41) is 4.77. The summed E-state index contributed by atoms with van der Waals surface area (Å²) in [6, 6.07) is 8.13. The van der Waals surface area contributed by atoms with Crippen molar-refractivity contribution in [2.75, 3.05) is 13.7 Å². The minimum atomic E-state index is -3.86. The first-order valence-corrected chi connectivity index (χ1v) is 13.1. The molecule has 0 N–H and O–H groups in total. The normalized spacial score (nSPS) is 15.6. The molecule has 12 heteroatoms. The lowest BCUT2D eigenvalue weighted by atomic mass is 9.93. The van der Waals surface area contributed by atoms with Gasteiger partial charge in [0.15, 0.2) is 0 Å². The average molecular weight is 517 g/mol. The second-order valence-corrected chi connectivity index (χ2v) is 10.7. The Morgan fingerprint density at radius 2 is 2.09 bits per heavy atom. The molecule has 2 heterocycles. The Labute approximate surface area is 210 Å². The largest absolute Gasteiger partial charge is 0.465 e. The summed E-state index contributed by atoms with van der Waals surface area (Å²) in [6.45, 7) is 2.04. The van der Waals surface area contributed by atoms with Crippen molar-refractivity contribution in [1.82, 2.24) is 19.1 Å². The smallest absolute Gasteiger partial charge is 0.327 e. The second kappa shape index (κ2) is 10.4. The molecule has 0 spiro atoms. The maximum absolute atomic E-state index is 13.5. The molecule has 2 aromatic heterocycles. The number of benzene rings is 1. The van der Waals surface area contributed by atoms with E-state index in [0.29, 0.717) is 35.7 Å². The molecule has 0 fully saturated rings. The Kier molecular flexibility index (Phi) is 7.49. The van der Waals surface area contributed by atoms with Crippen LogP contribution in [0.2, 0.25) is 5.02 Å². The Bertz CT molecular complexity index is 1350. The number of esters is 1. The summed E-state index contributed by atoms with van der Waals surface area (Å²) >= 11 is 6.16. The number of para-hydroxylation sites is 1. The van der Waals surface area contributed by atoms with Gasteiger partial charge in [0, 0.05) is 18.3 Å². The summed E-state index contributed by atoms with van der Waals surface area (Å²) in [7, 11) is -0.574. The van der Waals surface area contributed by atoms with E-state index < -0.39 is 16.1 Å². The topological polar surface area (TPSA) is 104 Å². The zero-order valence-electron chi connectivity index (χ0n) is 19.8. The minimum absolute atomic E-state index is 0.00235. The van der Waals surface area contributed by atoms with Gasteiger partial charge in [-0.2, -0.15) is 9.40 Å². The molecular weight excluding hydrogens is 491 g/mol. The number of ether oxygens (including phenoxy) is 2. The molecule has 4 rings (SSSR count). The molecule has 0 bridgehead atoms. The number of fused-ring (bicyclic) bond motifs is 1. The van der Waals surface area contributed by atoms with Gasteiger partial charge in [0.1, 0.15) is 25.0 Å². The predicted octanol–water partition coefficient (Wildman–Crippen LogP) is 2.24. The van der Waals surface area contributed by atoms with Gasteiger partial charge >= 0.3 is 5.97 Å². The van der Waals surface area contributed by atoms with Crippen LogP contribution in [0, 0.1) is 0 Å². The van der Waals surface area contributed by atoms with Gasteiger partial charge in [-0.15, -0.1) is 0 Å². The third-order valence-electron chi connectivity index (χ3n) is 5.98. The van der Waals surface area contributed by atoms with E-state index in [-0.39, 0.29) is 23.3 Å². The highest BCUT2D eigenvalue weighted by atomic mass is 35.5. The number of sulfonamides is 1. The molecule has 0 aliphatic heterocycles. The van der Waals surface area contributed by atoms with E-state index >= 15 is 0 Å². The Balaban J connectivity index is 1.57. The van der Waals surface area contributed by atoms with E-state index in [1.54, 1.807) is 63.0 Å². The Hall–Kier alpha value is -2.89. The van der Waals surface area contributed by atoms with Crippen molar-refractivity contribution < 1.29 is 22.7 Å². The number of pyridine rings is 1. The van der Waals surface area contributed by atoms with Crippen LogP contribution < -0.4 is 10.2 Å². The van der Waals surface area contributed by atoms with Gasteiger partial charge < -0.3 is 9.47 Å². The fourth-order valence-electron chi connectivity index (χ4n) is 4.19. The van der Waals surface area contributed by atoms with Crippen LogP contribution in [0.3, 0.4) is 0 Å². The fraction of sp³-hybridized carbons (Fsp3) is 0.348. The molecule has 0 radical (unpaired) electrons. The van der Waals surface area contributed by atoms with Gasteiger partial charge in [-0.05, 0) is 49.8 Å². The number of hydrogen-bond acceptors (Lipinski definition) is 7. The molecule has 0 amide bonds. The first kappa shape index (κ1) is 25.2. The molecule has 184 valence electrons. The standard InChI is InChI=1S/C23H26BClN4O5S/c1-3-33-22(30)14-29-20-9-6-8-19(16(20)13-27-29)28(2)35(31,32)15-11-17(24)23(26-12-15)34-21-10-5-4-7-18(21)25/h4-5,7,10-13,19H,3,6,8-9,14,24H2,1-2H3/t19-/m1/s1. The van der Waals surface area contributed by atoms with Crippen LogP contribution in [-0.4, -0.2) is 55.0 Å². The van der Waals surface area contributed by atoms with E-state index in [1.807, 2.05) is 0 Å². The zero-order chi connectivity index (χ0) is 25.2. The average Bonchev–Trinajstić information content (AvgIpc) is 3.24. The maximum atomic E-state index is 13.5. The van der Waals surface area contributed by atoms with Gasteiger partial charge in [-0.25, -0.2) is 13.4 Å². The van der Waals surface area contributed by atoms with Crippen LogP contribution in [-0.2, 0) is 32.5 Å². The van der Waals surface area contributed by atoms with Crippen LogP contribution in [0.25, 0.3) is 0 Å². The van der Waals surface area contributed by atoms with Crippen LogP contribution in [0.4, 0.5) is 0 Å². The zero-order valence-corrected chi connectivity index (χ0v) is 21.3. The Morgan fingerprint density at radius 1 is 1.31 bits per heavy atom. The van der Waals surface area contributed by atoms with E-state index in [9.17, 15) is 13.2 Å². The van der Waals surface area contributed by atoms with Crippen molar-refractivity contribution in [2.24, 2.45) is 0 Å². The number of carbonyl (C=O) groups excluding carboxylic acids is 1. The predicted molar refractivity (Wildman–Crippen MR) is 133 cm³/mol. The number of nitrogens with zero attached hydrogens (tertiary/aromatic N) is 4. The van der Waals surface area contributed by atoms with Crippen molar-refractivity contribution in [2.45, 2.75) is 43.7 Å². The summed E-state index contributed by atoms with van der Waals surface area (Å²) in [6.07, 6.45) is 5.07. The molecule has 0 saturated heterocycles. The Morgan fingerprint density at radius 3 is 2.80 bits per heavy atom. The van der Waals surface area contributed by atoms with Gasteiger partial charge in [-0.3, -0.25) is 9.48 Å². The molecule has 0 unspecified atom stereocenters. The molecule has 1 aliphatic rings. The quantitative estimate of drug-likeness (QED) is 0.334. The lowest BCUT2D eigenvalue weighted by Gasteiger charge is -2.31. The van der Waals surface area contributed by atoms with Gasteiger partial charge in [0.05, 0.1) is 30.1 Å². The minimum Gasteiger partial charge on any atom is -0.465 e. The molecule has 9 nitrogen and oxygen atoms in total. The van der Waals surface area contributed by atoms with E-state index in [1.165, 1.54) is 10.5 Å². The summed E-state index contributed by atoms with van der Waals surface area (Å²) < 4.78 is 40.8. The van der Waals surface area contributed by atoms with E-state index in [2.05, 4.69) is 10.1 Å². The highest BCUT2D eigenvalue weighted by Gasteiger charge is 2.34. The highest BCUT2D eigenvalue weighted by Crippen LogP contribution is 2.36. The first-order valence-electron chi connectivity index (χ1n) is 11.3. The lowest BCUT2D eigenvalue weighted by molar-refractivity contribution is -0.144. The van der Waals surface area contributed by atoms with E-state index in [0.717, 1.165) is 17.7 Å². The second-order valence-electron chi connectivity index (χ2n) is 8.26. The summed E-state index contributed by atoms with van der Waals surface area (Å²) in [5.41, 5.74) is 2.22. The van der Waals surface area contributed by atoms with Crippen LogP contribution in [0.5, 0.6) is 11.6 Å². The third-order valence-corrected chi connectivity index (χ3v) is 8.12. The number of carbonyl (C=O) groups is 1. The summed E-state index contributed by atoms with van der Waals surface area (Å²) in [4.78, 5) is 16.3. The van der Waals surface area contributed by atoms with Crippen LogP contribution in [0.15, 0.2) is 47.6 Å². The lowest BCUT2D eigenvalue weighted by Crippen LogP contribution is -2.34. The van der Waals surface area contributed by atoms with Crippen molar-refractivity contribution in [3.05, 3.63) is 59.0 Å². The van der Waals surface area contributed by atoms with Crippen molar-refractivity contribution in [3.63, 3.8) is 0 Å². The maximum Gasteiger partial charge on any atom is 0.327 e. The highest BCUT2D eigenvalue weighted by molar-refractivity contribution is 7.89. The van der Waals surface area contributed by atoms with Crippen LogP contribution >= 0.6 is 11.6 Å². The van der Waals surface area contributed by atoms with Gasteiger partial charge in [0.25, 0.3) is 0 Å². The SMILES string of the molecule is Bc1cc(S(=O)(=O)N(C)[C@@H]2CCCc3c2cnn3CC(=O)OCC)cnc1Oc1ccccc1Cl. The molecule has 1 aromatic carbocycles. The monoisotopic (exact) mass is 516 g/mol. The molecule has 0 saturated carbocycles. The number of halogens is 1. The van der Waals surface area contributed by atoms with Crippen molar-refractivity contribution in [1.29, 1.82) is 0 Å².